The van der Waals surface area contributed by atoms with E-state index < -0.39 is 23.7 Å². The Morgan fingerprint density at radius 3 is 2.74 bits per heavy atom. The first kappa shape index (κ1) is 15.6. The van der Waals surface area contributed by atoms with Crippen molar-refractivity contribution in [2.24, 2.45) is 5.73 Å². The number of anilines is 1. The lowest BCUT2D eigenvalue weighted by atomic mass is 10.1. The summed E-state index contributed by atoms with van der Waals surface area (Å²) in [5.74, 6) is -2.06. The molecule has 104 valence electrons. The van der Waals surface area contributed by atoms with Crippen molar-refractivity contribution in [3.8, 4) is 0 Å². The van der Waals surface area contributed by atoms with E-state index >= 15 is 0 Å². The highest BCUT2D eigenvalue weighted by Gasteiger charge is 2.16. The third-order valence-electron chi connectivity index (χ3n) is 2.53. The second-order valence-electron chi connectivity index (χ2n) is 4.11. The van der Waals surface area contributed by atoms with E-state index in [1.807, 2.05) is 0 Å². The average Bonchev–Trinajstić information content (AvgIpc) is 2.32. The first-order chi connectivity index (χ1) is 8.81. The standard InChI is InChI=1S/C12H14BrFN2O3/c1-6-4-7(13)8(14)5-10(6)16-12(19)9(15)2-3-11(17)18/h4-5,9H,2-3,15H2,1H3,(H,16,19)(H,17,18). The summed E-state index contributed by atoms with van der Waals surface area (Å²) in [6.45, 7) is 1.71. The zero-order valence-corrected chi connectivity index (χ0v) is 11.8. The third-order valence-corrected chi connectivity index (χ3v) is 3.14. The Hall–Kier alpha value is -1.47. The second-order valence-corrected chi connectivity index (χ2v) is 4.96. The van der Waals surface area contributed by atoms with Gasteiger partial charge in [0.1, 0.15) is 5.82 Å². The van der Waals surface area contributed by atoms with Crippen LogP contribution in [0.4, 0.5) is 10.1 Å². The monoisotopic (exact) mass is 332 g/mol. The molecule has 0 aliphatic carbocycles. The van der Waals surface area contributed by atoms with Gasteiger partial charge in [-0.1, -0.05) is 0 Å². The maximum atomic E-state index is 13.4. The third kappa shape index (κ3) is 4.60. The maximum absolute atomic E-state index is 13.4. The van der Waals surface area contributed by atoms with Gasteiger partial charge < -0.3 is 16.2 Å². The summed E-state index contributed by atoms with van der Waals surface area (Å²) >= 11 is 3.04. The van der Waals surface area contributed by atoms with E-state index in [-0.39, 0.29) is 12.8 Å². The van der Waals surface area contributed by atoms with E-state index in [4.69, 9.17) is 10.8 Å². The number of halogens is 2. The zero-order chi connectivity index (χ0) is 14.6. The van der Waals surface area contributed by atoms with Gasteiger partial charge >= 0.3 is 5.97 Å². The summed E-state index contributed by atoms with van der Waals surface area (Å²) in [6, 6.07) is 1.77. The molecule has 0 aliphatic rings. The summed E-state index contributed by atoms with van der Waals surface area (Å²) in [5, 5.41) is 11.0. The number of aryl methyl sites for hydroxylation is 1. The van der Waals surface area contributed by atoms with Gasteiger partial charge in [0.15, 0.2) is 0 Å². The molecule has 5 nitrogen and oxygen atoms in total. The van der Waals surface area contributed by atoms with Gasteiger partial charge in [-0.25, -0.2) is 4.39 Å². The second kappa shape index (κ2) is 6.63. The Labute approximate surface area is 118 Å². The molecular formula is C12H14BrFN2O3. The Morgan fingerprint density at radius 2 is 2.16 bits per heavy atom. The zero-order valence-electron chi connectivity index (χ0n) is 10.2. The Bertz CT molecular complexity index is 508. The lowest BCUT2D eigenvalue weighted by molar-refractivity contribution is -0.137. The minimum atomic E-state index is -1.02. The van der Waals surface area contributed by atoms with Gasteiger partial charge in [0.05, 0.1) is 10.5 Å². The van der Waals surface area contributed by atoms with Crippen molar-refractivity contribution >= 4 is 33.5 Å². The average molecular weight is 333 g/mol. The van der Waals surface area contributed by atoms with Gasteiger partial charge in [-0.15, -0.1) is 0 Å². The van der Waals surface area contributed by atoms with Crippen LogP contribution in [-0.2, 0) is 9.59 Å². The largest absolute Gasteiger partial charge is 0.481 e. The SMILES string of the molecule is Cc1cc(Br)c(F)cc1NC(=O)C(N)CCC(=O)O. The Kier molecular flexibility index (Phi) is 5.44. The van der Waals surface area contributed by atoms with Crippen LogP contribution >= 0.6 is 15.9 Å². The van der Waals surface area contributed by atoms with Crippen molar-refractivity contribution in [2.75, 3.05) is 5.32 Å². The number of carbonyl (C=O) groups excluding carboxylic acids is 1. The van der Waals surface area contributed by atoms with Crippen LogP contribution in [0.5, 0.6) is 0 Å². The molecule has 0 saturated carbocycles. The van der Waals surface area contributed by atoms with Gasteiger partial charge in [-0.2, -0.15) is 0 Å². The van der Waals surface area contributed by atoms with Crippen molar-refractivity contribution in [2.45, 2.75) is 25.8 Å². The van der Waals surface area contributed by atoms with E-state index in [0.29, 0.717) is 15.7 Å². The predicted molar refractivity (Wildman–Crippen MR) is 72.3 cm³/mol. The van der Waals surface area contributed by atoms with Crippen LogP contribution in [0.2, 0.25) is 0 Å². The van der Waals surface area contributed by atoms with Crippen LogP contribution in [0.3, 0.4) is 0 Å². The van der Waals surface area contributed by atoms with Crippen LogP contribution in [0.15, 0.2) is 16.6 Å². The fraction of sp³-hybridized carbons (Fsp3) is 0.333. The highest BCUT2D eigenvalue weighted by molar-refractivity contribution is 9.10. The Balaban J connectivity index is 2.71. The molecule has 1 atom stereocenters. The van der Waals surface area contributed by atoms with Gasteiger partial charge in [0.25, 0.3) is 0 Å². The highest BCUT2D eigenvalue weighted by atomic mass is 79.9. The number of aliphatic carboxylic acids is 1. The van der Waals surface area contributed by atoms with E-state index in [1.165, 1.54) is 12.1 Å². The van der Waals surface area contributed by atoms with Crippen LogP contribution < -0.4 is 11.1 Å². The number of nitrogens with two attached hydrogens (primary N) is 1. The number of nitrogens with one attached hydrogen (secondary N) is 1. The van der Waals surface area contributed by atoms with Gasteiger partial charge in [0.2, 0.25) is 5.91 Å². The number of benzene rings is 1. The molecule has 0 aromatic heterocycles. The van der Waals surface area contributed by atoms with Crippen LogP contribution in [-0.4, -0.2) is 23.0 Å². The number of rotatable bonds is 5. The Morgan fingerprint density at radius 1 is 1.53 bits per heavy atom. The fourth-order valence-electron chi connectivity index (χ4n) is 1.42. The normalized spacial score (nSPS) is 12.0. The van der Waals surface area contributed by atoms with Crippen LogP contribution in [0, 0.1) is 12.7 Å². The smallest absolute Gasteiger partial charge is 0.303 e. The summed E-state index contributed by atoms with van der Waals surface area (Å²) < 4.78 is 13.7. The number of hydrogen-bond acceptors (Lipinski definition) is 3. The van der Waals surface area contributed by atoms with Crippen LogP contribution in [0.25, 0.3) is 0 Å². The van der Waals surface area contributed by atoms with E-state index in [0.717, 1.165) is 0 Å². The molecule has 7 heteroatoms. The number of carboxylic acids is 1. The number of hydrogen-bond donors (Lipinski definition) is 3. The van der Waals surface area contributed by atoms with Gasteiger partial charge in [-0.3, -0.25) is 9.59 Å². The summed E-state index contributed by atoms with van der Waals surface area (Å²) in [4.78, 5) is 22.1. The molecule has 0 saturated heterocycles. The molecule has 1 amide bonds. The van der Waals surface area contributed by atoms with Crippen molar-refractivity contribution in [1.82, 2.24) is 0 Å². The first-order valence-electron chi connectivity index (χ1n) is 5.55. The molecule has 1 unspecified atom stereocenters. The molecule has 0 radical (unpaired) electrons. The molecule has 1 rings (SSSR count). The summed E-state index contributed by atoms with van der Waals surface area (Å²) in [6.07, 6.45) is -0.165. The van der Waals surface area contributed by atoms with Crippen molar-refractivity contribution in [3.63, 3.8) is 0 Å². The van der Waals surface area contributed by atoms with Gasteiger partial charge in [0, 0.05) is 12.1 Å². The summed E-state index contributed by atoms with van der Waals surface area (Å²) in [5.41, 5.74) is 6.54. The van der Waals surface area contributed by atoms with E-state index in [1.54, 1.807) is 6.92 Å². The quantitative estimate of drug-likeness (QED) is 0.769. The maximum Gasteiger partial charge on any atom is 0.303 e. The molecule has 19 heavy (non-hydrogen) atoms. The first-order valence-corrected chi connectivity index (χ1v) is 6.34. The van der Waals surface area contributed by atoms with Crippen molar-refractivity contribution in [3.05, 3.63) is 28.0 Å². The molecule has 0 fully saturated rings. The van der Waals surface area contributed by atoms with E-state index in [9.17, 15) is 14.0 Å². The number of amides is 1. The molecule has 4 N–H and O–H groups in total. The molecule has 0 spiro atoms. The fourth-order valence-corrected chi connectivity index (χ4v) is 1.87. The minimum Gasteiger partial charge on any atom is -0.481 e. The number of carboxylic acid groups (broad SMARTS) is 1. The lowest BCUT2D eigenvalue weighted by Crippen LogP contribution is -2.36. The molecule has 1 aromatic carbocycles. The molecule has 0 aliphatic heterocycles. The van der Waals surface area contributed by atoms with Crippen molar-refractivity contribution in [1.29, 1.82) is 0 Å². The number of carbonyl (C=O) groups is 2. The summed E-state index contributed by atoms with van der Waals surface area (Å²) in [7, 11) is 0. The van der Waals surface area contributed by atoms with E-state index in [2.05, 4.69) is 21.2 Å². The predicted octanol–water partition coefficient (Wildman–Crippen LogP) is 2.03. The lowest BCUT2D eigenvalue weighted by Gasteiger charge is -2.13. The minimum absolute atomic E-state index is 0.0270. The molecule has 0 heterocycles. The van der Waals surface area contributed by atoms with Crippen LogP contribution in [0.1, 0.15) is 18.4 Å². The highest BCUT2D eigenvalue weighted by Crippen LogP contribution is 2.24. The van der Waals surface area contributed by atoms with Gasteiger partial charge in [-0.05, 0) is 47.0 Å². The van der Waals surface area contributed by atoms with Crippen molar-refractivity contribution < 1.29 is 19.1 Å². The molecular weight excluding hydrogens is 319 g/mol. The molecule has 0 bridgehead atoms. The topological polar surface area (TPSA) is 92.4 Å². The molecule has 1 aromatic rings.